The van der Waals surface area contributed by atoms with E-state index < -0.39 is 18.0 Å². The predicted molar refractivity (Wildman–Crippen MR) is 110 cm³/mol. The number of aryl methyl sites for hydroxylation is 1. The summed E-state index contributed by atoms with van der Waals surface area (Å²) in [4.78, 5) is 7.40. The number of nitrogens with one attached hydrogen (secondary N) is 1. The number of halogens is 3. The molecular weight excluding hydrogens is 411 g/mol. The van der Waals surface area contributed by atoms with E-state index in [-0.39, 0.29) is 25.2 Å². The number of aromatic nitrogens is 4. The lowest BCUT2D eigenvalue weighted by atomic mass is 10.1. The highest BCUT2D eigenvalue weighted by Gasteiger charge is 2.32. The number of ether oxygens (including phenoxy) is 1. The van der Waals surface area contributed by atoms with E-state index in [2.05, 4.69) is 20.4 Å². The lowest BCUT2D eigenvalue weighted by Gasteiger charge is -2.13. The van der Waals surface area contributed by atoms with Crippen molar-refractivity contribution in [2.24, 2.45) is 0 Å². The summed E-state index contributed by atoms with van der Waals surface area (Å²) in [6.45, 7) is 6.15. The van der Waals surface area contributed by atoms with Crippen LogP contribution in [0.15, 0.2) is 42.9 Å². The summed E-state index contributed by atoms with van der Waals surface area (Å²) in [6.07, 6.45) is -0.693. The van der Waals surface area contributed by atoms with Gasteiger partial charge in [-0.2, -0.15) is 18.3 Å². The maximum atomic E-state index is 12.9. The van der Waals surface area contributed by atoms with Crippen LogP contribution in [0.25, 0.3) is 11.1 Å². The van der Waals surface area contributed by atoms with Gasteiger partial charge in [0, 0.05) is 23.6 Å². The van der Waals surface area contributed by atoms with Gasteiger partial charge in [-0.15, -0.1) is 0 Å². The van der Waals surface area contributed by atoms with Gasteiger partial charge >= 0.3 is 6.18 Å². The monoisotopic (exact) mass is 435 g/mol. The van der Waals surface area contributed by atoms with E-state index in [0.29, 0.717) is 5.69 Å². The number of nitrogens with zero attached hydrogens (tertiary/aromatic N) is 4. The van der Waals surface area contributed by atoms with Crippen molar-refractivity contribution in [1.82, 2.24) is 19.7 Å². The minimum atomic E-state index is -4.55. The first-order chi connectivity index (χ1) is 14.6. The molecule has 10 heteroatoms. The molecule has 7 nitrogen and oxygen atoms in total. The van der Waals surface area contributed by atoms with Crippen LogP contribution < -0.4 is 5.32 Å². The zero-order valence-corrected chi connectivity index (χ0v) is 17.4. The largest absolute Gasteiger partial charge is 0.433 e. The van der Waals surface area contributed by atoms with Crippen LogP contribution in [0.3, 0.4) is 0 Å². The van der Waals surface area contributed by atoms with Gasteiger partial charge in [0.05, 0.1) is 31.6 Å². The van der Waals surface area contributed by atoms with Gasteiger partial charge in [-0.1, -0.05) is 6.07 Å². The molecule has 3 rings (SSSR count). The molecule has 0 amide bonds. The van der Waals surface area contributed by atoms with Crippen LogP contribution in [0.4, 0.5) is 24.8 Å². The summed E-state index contributed by atoms with van der Waals surface area (Å²) in [6, 6.07) is 6.31. The standard InChI is InChI=1S/C21H24F3N5O2/c1-13(2)31-12-18(30)11-29-10-16(9-26-29)15-6-14(3)7-17(8-15)27-20-25-5-4-19(28-20)21(22,23)24/h4-10,13,18,30H,11-12H2,1-3H3,(H,25,27,28). The normalized spacial score (nSPS) is 12.9. The Morgan fingerprint density at radius 2 is 1.97 bits per heavy atom. The van der Waals surface area contributed by atoms with E-state index in [0.717, 1.165) is 29.0 Å². The molecule has 0 saturated carbocycles. The third kappa shape index (κ3) is 6.50. The highest BCUT2D eigenvalue weighted by molar-refractivity contribution is 5.70. The Labute approximate surface area is 177 Å². The topological polar surface area (TPSA) is 85.1 Å². The second-order valence-corrected chi connectivity index (χ2v) is 7.46. The van der Waals surface area contributed by atoms with Gasteiger partial charge in [-0.25, -0.2) is 9.97 Å². The SMILES string of the molecule is Cc1cc(Nc2nccc(C(F)(F)F)n2)cc(-c2cnn(CC(O)COC(C)C)c2)c1. The number of rotatable bonds is 8. The molecule has 0 radical (unpaired) electrons. The smallest absolute Gasteiger partial charge is 0.389 e. The highest BCUT2D eigenvalue weighted by Crippen LogP contribution is 2.29. The maximum Gasteiger partial charge on any atom is 0.433 e. The molecule has 0 aliphatic carbocycles. The summed E-state index contributed by atoms with van der Waals surface area (Å²) < 4.78 is 45.7. The van der Waals surface area contributed by atoms with Crippen molar-refractivity contribution >= 4 is 11.6 Å². The second-order valence-electron chi connectivity index (χ2n) is 7.46. The van der Waals surface area contributed by atoms with Gasteiger partial charge in [0.15, 0.2) is 0 Å². The number of benzene rings is 1. The van der Waals surface area contributed by atoms with Gasteiger partial charge in [-0.05, 0) is 50.1 Å². The first-order valence-corrected chi connectivity index (χ1v) is 9.71. The molecule has 166 valence electrons. The quantitative estimate of drug-likeness (QED) is 0.552. The maximum absolute atomic E-state index is 12.9. The first-order valence-electron chi connectivity index (χ1n) is 9.71. The zero-order chi connectivity index (χ0) is 22.6. The van der Waals surface area contributed by atoms with Gasteiger partial charge in [0.25, 0.3) is 0 Å². The average Bonchev–Trinajstić information content (AvgIpc) is 3.14. The van der Waals surface area contributed by atoms with E-state index in [1.807, 2.05) is 26.8 Å². The van der Waals surface area contributed by atoms with Gasteiger partial charge in [-0.3, -0.25) is 4.68 Å². The molecule has 0 saturated heterocycles. The highest BCUT2D eigenvalue weighted by atomic mass is 19.4. The Balaban J connectivity index is 1.75. The van der Waals surface area contributed by atoms with Crippen LogP contribution in [0.5, 0.6) is 0 Å². The van der Waals surface area contributed by atoms with E-state index in [1.165, 1.54) is 0 Å². The summed E-state index contributed by atoms with van der Waals surface area (Å²) in [5, 5.41) is 17.2. The fraction of sp³-hybridized carbons (Fsp3) is 0.381. The van der Waals surface area contributed by atoms with E-state index >= 15 is 0 Å². The lowest BCUT2D eigenvalue weighted by Crippen LogP contribution is -2.23. The lowest BCUT2D eigenvalue weighted by molar-refractivity contribution is -0.141. The molecular formula is C21H24F3N5O2. The zero-order valence-electron chi connectivity index (χ0n) is 17.4. The number of aliphatic hydroxyl groups excluding tert-OH is 1. The Bertz CT molecular complexity index is 1020. The molecule has 1 aromatic carbocycles. The van der Waals surface area contributed by atoms with Crippen LogP contribution in [-0.4, -0.2) is 43.7 Å². The van der Waals surface area contributed by atoms with E-state index in [1.54, 1.807) is 29.2 Å². The van der Waals surface area contributed by atoms with Crippen LogP contribution in [0, 0.1) is 6.92 Å². The van der Waals surface area contributed by atoms with Crippen molar-refractivity contribution in [2.75, 3.05) is 11.9 Å². The van der Waals surface area contributed by atoms with Crippen LogP contribution in [0.1, 0.15) is 25.1 Å². The molecule has 1 unspecified atom stereocenters. The summed E-state index contributed by atoms with van der Waals surface area (Å²) in [7, 11) is 0. The second kappa shape index (κ2) is 9.44. The molecule has 2 heterocycles. The molecule has 2 N–H and O–H groups in total. The fourth-order valence-electron chi connectivity index (χ4n) is 2.91. The van der Waals surface area contributed by atoms with Crippen LogP contribution in [0.2, 0.25) is 0 Å². The fourth-order valence-corrected chi connectivity index (χ4v) is 2.91. The van der Waals surface area contributed by atoms with Gasteiger partial charge in [0.2, 0.25) is 5.95 Å². The van der Waals surface area contributed by atoms with E-state index in [9.17, 15) is 18.3 Å². The molecule has 0 bridgehead atoms. The Morgan fingerprint density at radius 1 is 1.19 bits per heavy atom. The Morgan fingerprint density at radius 3 is 2.68 bits per heavy atom. The average molecular weight is 435 g/mol. The molecule has 0 fully saturated rings. The van der Waals surface area contributed by atoms with Crippen LogP contribution >= 0.6 is 0 Å². The van der Waals surface area contributed by atoms with Crippen LogP contribution in [-0.2, 0) is 17.5 Å². The molecule has 0 aliphatic rings. The van der Waals surface area contributed by atoms with Crippen molar-refractivity contribution in [1.29, 1.82) is 0 Å². The third-order valence-electron chi connectivity index (χ3n) is 4.27. The molecule has 1 atom stereocenters. The minimum Gasteiger partial charge on any atom is -0.389 e. The summed E-state index contributed by atoms with van der Waals surface area (Å²) in [5.74, 6) is -0.143. The predicted octanol–water partition coefficient (Wildman–Crippen LogP) is 4.20. The third-order valence-corrected chi connectivity index (χ3v) is 4.27. The van der Waals surface area contributed by atoms with Crippen molar-refractivity contribution in [3.63, 3.8) is 0 Å². The number of alkyl halides is 3. The van der Waals surface area contributed by atoms with Crippen molar-refractivity contribution in [3.8, 4) is 11.1 Å². The van der Waals surface area contributed by atoms with Crippen molar-refractivity contribution < 1.29 is 23.0 Å². The summed E-state index contributed by atoms with van der Waals surface area (Å²) in [5.41, 5.74) is 2.04. The molecule has 3 aromatic rings. The number of anilines is 2. The van der Waals surface area contributed by atoms with Gasteiger partial charge < -0.3 is 15.2 Å². The van der Waals surface area contributed by atoms with Gasteiger partial charge in [0.1, 0.15) is 5.69 Å². The number of hydrogen-bond acceptors (Lipinski definition) is 6. The van der Waals surface area contributed by atoms with Crippen molar-refractivity contribution in [2.45, 2.75) is 45.7 Å². The van der Waals surface area contributed by atoms with E-state index in [4.69, 9.17) is 4.74 Å². The summed E-state index contributed by atoms with van der Waals surface area (Å²) >= 11 is 0. The number of aliphatic hydroxyl groups is 1. The molecule has 2 aromatic heterocycles. The first kappa shape index (κ1) is 22.7. The minimum absolute atomic E-state index is 0.0295. The molecule has 0 aliphatic heterocycles. The number of hydrogen-bond donors (Lipinski definition) is 2. The molecule has 31 heavy (non-hydrogen) atoms. The Hall–Kier alpha value is -2.98. The molecule has 0 spiro atoms. The van der Waals surface area contributed by atoms with Crippen molar-refractivity contribution in [3.05, 3.63) is 54.1 Å². The Kier molecular flexibility index (Phi) is 6.91.